The molecule has 150 valence electrons. The molecule has 0 radical (unpaired) electrons. The van der Waals surface area contributed by atoms with Crippen LogP contribution in [0.1, 0.15) is 21.6 Å². The molecule has 0 aliphatic heterocycles. The Morgan fingerprint density at radius 2 is 1.90 bits per heavy atom. The molecule has 9 heteroatoms. The minimum Gasteiger partial charge on any atom is -0.508 e. The van der Waals surface area contributed by atoms with Gasteiger partial charge < -0.3 is 15.5 Å². The molecule has 1 aromatic heterocycles. The Balaban J connectivity index is 2.09. The van der Waals surface area contributed by atoms with Crippen LogP contribution < -0.4 is 5.32 Å². The molecular formula is C20H16ClFN2O5. The number of carbonyl (C=O) groups excluding carboxylic acids is 2. The zero-order valence-electron chi connectivity index (χ0n) is 15.2. The monoisotopic (exact) mass is 418 g/mol. The number of aliphatic carboxylic acids is 1. The third-order valence-corrected chi connectivity index (χ3v) is 4.77. The van der Waals surface area contributed by atoms with Gasteiger partial charge in [-0.2, -0.15) is 0 Å². The van der Waals surface area contributed by atoms with Crippen LogP contribution in [0.5, 0.6) is 5.75 Å². The van der Waals surface area contributed by atoms with Crippen molar-refractivity contribution in [1.29, 1.82) is 0 Å². The Labute approximate surface area is 169 Å². The highest BCUT2D eigenvalue weighted by Gasteiger charge is 2.22. The van der Waals surface area contributed by atoms with Crippen LogP contribution in [-0.2, 0) is 16.0 Å². The van der Waals surface area contributed by atoms with E-state index in [1.165, 1.54) is 34.9 Å². The molecule has 29 heavy (non-hydrogen) atoms. The van der Waals surface area contributed by atoms with E-state index in [2.05, 4.69) is 5.32 Å². The van der Waals surface area contributed by atoms with Gasteiger partial charge in [0, 0.05) is 16.6 Å². The highest BCUT2D eigenvalue weighted by Crippen LogP contribution is 2.30. The van der Waals surface area contributed by atoms with Crippen LogP contribution in [0, 0.1) is 12.7 Å². The lowest BCUT2D eigenvalue weighted by Gasteiger charge is -2.08. The lowest BCUT2D eigenvalue weighted by molar-refractivity contribution is -0.137. The normalized spacial score (nSPS) is 10.9. The third kappa shape index (κ3) is 4.07. The number of rotatable bonds is 5. The van der Waals surface area contributed by atoms with E-state index in [4.69, 9.17) is 16.7 Å². The summed E-state index contributed by atoms with van der Waals surface area (Å²) in [5.41, 5.74) is 1.33. The molecule has 0 unspecified atom stereocenters. The van der Waals surface area contributed by atoms with Crippen LogP contribution in [0.2, 0.25) is 5.02 Å². The van der Waals surface area contributed by atoms with Gasteiger partial charge in [-0.1, -0.05) is 11.6 Å². The zero-order valence-corrected chi connectivity index (χ0v) is 16.0. The fourth-order valence-electron chi connectivity index (χ4n) is 3.11. The summed E-state index contributed by atoms with van der Waals surface area (Å²) >= 11 is 5.68. The molecule has 0 aliphatic rings. The predicted molar refractivity (Wildman–Crippen MR) is 104 cm³/mol. The maximum absolute atomic E-state index is 13.8. The summed E-state index contributed by atoms with van der Waals surface area (Å²) in [6, 6.07) is 8.00. The SMILES string of the molecule is Cc1c(CC(=O)NCC(=O)O)c2cc(O)ccc2n1C(=O)c1ccc(Cl)c(F)c1. The second-order valence-electron chi connectivity index (χ2n) is 6.38. The van der Waals surface area contributed by atoms with Gasteiger partial charge in [-0.15, -0.1) is 0 Å². The molecule has 0 saturated carbocycles. The Bertz CT molecular complexity index is 1160. The first kappa shape index (κ1) is 20.3. The number of aromatic hydroxyl groups is 1. The van der Waals surface area contributed by atoms with E-state index < -0.39 is 30.1 Å². The lowest BCUT2D eigenvalue weighted by Crippen LogP contribution is -2.30. The van der Waals surface area contributed by atoms with E-state index in [1.54, 1.807) is 6.92 Å². The molecular weight excluding hydrogens is 403 g/mol. The number of carboxylic acids is 1. The second kappa shape index (κ2) is 7.92. The fraction of sp³-hybridized carbons (Fsp3) is 0.150. The number of nitrogens with one attached hydrogen (secondary N) is 1. The minimum absolute atomic E-state index is 0.0573. The largest absolute Gasteiger partial charge is 0.508 e. The van der Waals surface area contributed by atoms with Gasteiger partial charge in [-0.05, 0) is 48.9 Å². The summed E-state index contributed by atoms with van der Waals surface area (Å²) < 4.78 is 15.1. The highest BCUT2D eigenvalue weighted by molar-refractivity contribution is 6.30. The van der Waals surface area contributed by atoms with Crippen LogP contribution >= 0.6 is 11.6 Å². The lowest BCUT2D eigenvalue weighted by atomic mass is 10.1. The van der Waals surface area contributed by atoms with E-state index in [-0.39, 0.29) is 22.8 Å². The van der Waals surface area contributed by atoms with Gasteiger partial charge in [0.05, 0.1) is 17.0 Å². The van der Waals surface area contributed by atoms with Crippen LogP contribution in [0.25, 0.3) is 10.9 Å². The van der Waals surface area contributed by atoms with Crippen LogP contribution in [0.3, 0.4) is 0 Å². The quantitative estimate of drug-likeness (QED) is 0.590. The molecule has 2 aromatic carbocycles. The maximum Gasteiger partial charge on any atom is 0.322 e. The van der Waals surface area contributed by atoms with Crippen molar-refractivity contribution < 1.29 is 29.0 Å². The first-order valence-electron chi connectivity index (χ1n) is 8.50. The number of halogens is 2. The molecule has 1 amide bonds. The second-order valence-corrected chi connectivity index (χ2v) is 6.79. The number of hydrogen-bond donors (Lipinski definition) is 3. The number of amides is 1. The summed E-state index contributed by atoms with van der Waals surface area (Å²) in [4.78, 5) is 35.8. The van der Waals surface area contributed by atoms with E-state index in [0.717, 1.165) is 6.07 Å². The van der Waals surface area contributed by atoms with Crippen LogP contribution in [-0.4, -0.2) is 39.1 Å². The number of nitrogens with zero attached hydrogens (tertiary/aromatic N) is 1. The Morgan fingerprint density at radius 1 is 1.17 bits per heavy atom. The summed E-state index contributed by atoms with van der Waals surface area (Å²) in [5.74, 6) is -3.08. The van der Waals surface area contributed by atoms with E-state index in [0.29, 0.717) is 22.2 Å². The van der Waals surface area contributed by atoms with Gasteiger partial charge in [0.15, 0.2) is 0 Å². The van der Waals surface area contributed by atoms with Crippen molar-refractivity contribution in [3.63, 3.8) is 0 Å². The zero-order chi connectivity index (χ0) is 21.3. The van der Waals surface area contributed by atoms with Crippen molar-refractivity contribution in [2.24, 2.45) is 0 Å². The predicted octanol–water partition coefficient (Wildman–Crippen LogP) is 2.88. The number of phenols is 1. The molecule has 3 rings (SSSR count). The third-order valence-electron chi connectivity index (χ3n) is 4.46. The van der Waals surface area contributed by atoms with Gasteiger partial charge in [0.25, 0.3) is 5.91 Å². The van der Waals surface area contributed by atoms with Crippen molar-refractivity contribution in [3.8, 4) is 5.75 Å². The van der Waals surface area contributed by atoms with Crippen molar-refractivity contribution in [2.75, 3.05) is 6.54 Å². The van der Waals surface area contributed by atoms with Crippen LogP contribution in [0.15, 0.2) is 36.4 Å². The minimum atomic E-state index is -1.19. The van der Waals surface area contributed by atoms with Crippen LogP contribution in [0.4, 0.5) is 4.39 Å². The average molecular weight is 419 g/mol. The molecule has 0 aliphatic carbocycles. The van der Waals surface area contributed by atoms with Gasteiger partial charge in [0.1, 0.15) is 18.1 Å². The molecule has 0 bridgehead atoms. The topological polar surface area (TPSA) is 109 Å². The summed E-state index contributed by atoms with van der Waals surface area (Å²) in [7, 11) is 0. The number of carboxylic acid groups (broad SMARTS) is 1. The fourth-order valence-corrected chi connectivity index (χ4v) is 3.23. The van der Waals surface area contributed by atoms with E-state index in [1.807, 2.05) is 0 Å². The first-order valence-corrected chi connectivity index (χ1v) is 8.88. The van der Waals surface area contributed by atoms with Gasteiger partial charge in [-0.3, -0.25) is 19.0 Å². The number of carbonyl (C=O) groups is 3. The Kier molecular flexibility index (Phi) is 5.56. The summed E-state index contributed by atoms with van der Waals surface area (Å²) in [5, 5.41) is 21.2. The Morgan fingerprint density at radius 3 is 2.55 bits per heavy atom. The van der Waals surface area contributed by atoms with Gasteiger partial charge in [-0.25, -0.2) is 4.39 Å². The molecule has 3 aromatic rings. The standard InChI is InChI=1S/C20H16ClFN2O5/c1-10-13(8-18(26)23-9-19(27)28)14-7-12(25)3-5-17(14)24(10)20(29)11-2-4-15(21)16(22)6-11/h2-7,25H,8-9H2,1H3,(H,23,26)(H,27,28). The Hall–Kier alpha value is -3.39. The van der Waals surface area contributed by atoms with Gasteiger partial charge >= 0.3 is 5.97 Å². The molecule has 1 heterocycles. The van der Waals surface area contributed by atoms with E-state index in [9.17, 15) is 23.9 Å². The molecule has 7 nitrogen and oxygen atoms in total. The summed E-state index contributed by atoms with van der Waals surface area (Å²) in [6.07, 6.45) is -0.200. The van der Waals surface area contributed by atoms with Crippen molar-refractivity contribution in [3.05, 3.63) is 64.1 Å². The number of hydrogen-bond acceptors (Lipinski definition) is 4. The van der Waals surface area contributed by atoms with Crippen molar-refractivity contribution in [2.45, 2.75) is 13.3 Å². The first-order chi connectivity index (χ1) is 13.7. The van der Waals surface area contributed by atoms with E-state index >= 15 is 0 Å². The summed E-state index contributed by atoms with van der Waals surface area (Å²) in [6.45, 7) is 1.08. The number of benzene rings is 2. The van der Waals surface area contributed by atoms with Crippen molar-refractivity contribution >= 4 is 40.3 Å². The molecule has 0 atom stereocenters. The average Bonchev–Trinajstić information content (AvgIpc) is 2.93. The molecule has 3 N–H and O–H groups in total. The highest BCUT2D eigenvalue weighted by atomic mass is 35.5. The maximum atomic E-state index is 13.8. The number of aromatic nitrogens is 1. The smallest absolute Gasteiger partial charge is 0.322 e. The molecule has 0 fully saturated rings. The van der Waals surface area contributed by atoms with Crippen molar-refractivity contribution in [1.82, 2.24) is 9.88 Å². The molecule has 0 saturated heterocycles. The number of phenolic OH excluding ortho intramolecular Hbond substituents is 1. The van der Waals surface area contributed by atoms with Gasteiger partial charge in [0.2, 0.25) is 5.91 Å². The molecule has 0 spiro atoms. The number of fused-ring (bicyclic) bond motifs is 1.